The van der Waals surface area contributed by atoms with Gasteiger partial charge in [0.2, 0.25) is 11.8 Å². The molecule has 2 fully saturated rings. The third-order valence-corrected chi connectivity index (χ3v) is 4.79. The van der Waals surface area contributed by atoms with Gasteiger partial charge < -0.3 is 0 Å². The molecule has 0 unspecified atom stereocenters. The van der Waals surface area contributed by atoms with Crippen LogP contribution >= 0.6 is 11.6 Å². The van der Waals surface area contributed by atoms with Crippen LogP contribution in [-0.4, -0.2) is 11.8 Å². The maximum absolute atomic E-state index is 12.6. The van der Waals surface area contributed by atoms with Crippen LogP contribution in [0.25, 0.3) is 0 Å². The number of carbonyl (C=O) groups excluding carboxylic acids is 2. The van der Waals surface area contributed by atoms with Crippen molar-refractivity contribution in [3.63, 3.8) is 0 Å². The smallest absolute Gasteiger partial charge is 0.249 e. The minimum atomic E-state index is -0.540. The van der Waals surface area contributed by atoms with Crippen molar-refractivity contribution < 1.29 is 9.59 Å². The van der Waals surface area contributed by atoms with E-state index >= 15 is 0 Å². The van der Waals surface area contributed by atoms with Crippen LogP contribution in [0, 0.1) is 5.92 Å². The van der Waals surface area contributed by atoms with Gasteiger partial charge >= 0.3 is 0 Å². The number of amides is 2. The number of benzene rings is 1. The summed E-state index contributed by atoms with van der Waals surface area (Å²) in [5.41, 5.74) is 5.63. The first kappa shape index (κ1) is 14.4. The number of hydrogen-bond donors (Lipinski definition) is 2. The van der Waals surface area contributed by atoms with E-state index in [0.29, 0.717) is 5.02 Å². The molecule has 2 aliphatic rings. The molecule has 0 bridgehead atoms. The molecule has 1 aromatic carbocycles. The van der Waals surface area contributed by atoms with E-state index in [1.54, 1.807) is 0 Å². The Hall–Kier alpha value is -1.55. The summed E-state index contributed by atoms with van der Waals surface area (Å²) in [4.78, 5) is 24.3. The Balaban J connectivity index is 1.74. The van der Waals surface area contributed by atoms with Crippen molar-refractivity contribution in [1.29, 1.82) is 0 Å². The van der Waals surface area contributed by atoms with E-state index in [2.05, 4.69) is 10.9 Å². The van der Waals surface area contributed by atoms with Gasteiger partial charge in [-0.05, 0) is 43.4 Å². The van der Waals surface area contributed by atoms with Crippen LogP contribution in [0.2, 0.25) is 5.02 Å². The lowest BCUT2D eigenvalue weighted by atomic mass is 9.78. The van der Waals surface area contributed by atoms with Crippen LogP contribution in [0.3, 0.4) is 0 Å². The molecule has 3 rings (SSSR count). The lowest BCUT2D eigenvalue weighted by molar-refractivity contribution is -0.132. The fraction of sp³-hybridized carbons (Fsp3) is 0.500. The van der Waals surface area contributed by atoms with Crippen LogP contribution in [-0.2, 0) is 15.0 Å². The Labute approximate surface area is 129 Å². The third-order valence-electron chi connectivity index (χ3n) is 4.54. The average Bonchev–Trinajstić information content (AvgIpc) is 3.23. The van der Waals surface area contributed by atoms with Crippen molar-refractivity contribution in [2.45, 2.75) is 43.9 Å². The highest BCUT2D eigenvalue weighted by Crippen LogP contribution is 2.41. The van der Waals surface area contributed by atoms with Crippen LogP contribution in [0.4, 0.5) is 0 Å². The Morgan fingerprint density at radius 3 is 2.24 bits per heavy atom. The summed E-state index contributed by atoms with van der Waals surface area (Å²) >= 11 is 5.93. The lowest BCUT2D eigenvalue weighted by Crippen LogP contribution is -2.51. The van der Waals surface area contributed by atoms with Gasteiger partial charge in [0.05, 0.1) is 5.41 Å². The number of hydrazine groups is 1. The summed E-state index contributed by atoms with van der Waals surface area (Å²) in [6, 6.07) is 7.45. The Morgan fingerprint density at radius 2 is 1.67 bits per heavy atom. The van der Waals surface area contributed by atoms with Gasteiger partial charge in [-0.3, -0.25) is 20.4 Å². The molecule has 0 spiro atoms. The second-order valence-corrected chi connectivity index (χ2v) is 6.45. The van der Waals surface area contributed by atoms with Crippen LogP contribution in [0.5, 0.6) is 0 Å². The molecule has 21 heavy (non-hydrogen) atoms. The van der Waals surface area contributed by atoms with Crippen LogP contribution in [0.15, 0.2) is 24.3 Å². The van der Waals surface area contributed by atoms with Gasteiger partial charge in [0.1, 0.15) is 0 Å². The molecular weight excluding hydrogens is 288 g/mol. The first-order valence-electron chi connectivity index (χ1n) is 7.48. The highest BCUT2D eigenvalue weighted by atomic mass is 35.5. The molecule has 2 saturated carbocycles. The quantitative estimate of drug-likeness (QED) is 0.844. The standard InChI is InChI=1S/C16H19ClN2O2/c17-13-7-5-12(6-8-13)16(9-1-2-10-16)15(21)19-18-14(20)11-3-4-11/h5-8,11H,1-4,9-10H2,(H,18,20)(H,19,21). The normalized spacial score (nSPS) is 20.0. The minimum absolute atomic E-state index is 0.0763. The maximum Gasteiger partial charge on any atom is 0.249 e. The van der Waals surface area contributed by atoms with Gasteiger partial charge in [-0.2, -0.15) is 0 Å². The molecule has 1 aromatic rings. The molecule has 0 saturated heterocycles. The van der Waals surface area contributed by atoms with Crippen molar-refractivity contribution >= 4 is 23.4 Å². The summed E-state index contributed by atoms with van der Waals surface area (Å²) in [5.74, 6) is -0.107. The Morgan fingerprint density at radius 1 is 1.05 bits per heavy atom. The summed E-state index contributed by atoms with van der Waals surface area (Å²) in [5, 5.41) is 0.661. The van der Waals surface area contributed by atoms with Crippen LogP contribution in [0.1, 0.15) is 44.1 Å². The molecule has 2 aliphatic carbocycles. The number of rotatable bonds is 3. The van der Waals surface area contributed by atoms with E-state index < -0.39 is 5.41 Å². The Kier molecular flexibility index (Phi) is 3.89. The zero-order valence-electron chi connectivity index (χ0n) is 11.8. The van der Waals surface area contributed by atoms with Crippen molar-refractivity contribution in [3.05, 3.63) is 34.9 Å². The zero-order valence-corrected chi connectivity index (χ0v) is 12.6. The second kappa shape index (κ2) is 5.68. The number of nitrogens with one attached hydrogen (secondary N) is 2. The SMILES string of the molecule is O=C(NNC(=O)C1(c2ccc(Cl)cc2)CCCC1)C1CC1. The minimum Gasteiger partial charge on any atom is -0.273 e. The summed E-state index contributed by atoms with van der Waals surface area (Å²) in [7, 11) is 0. The average molecular weight is 307 g/mol. The molecule has 0 aliphatic heterocycles. The van der Waals surface area contributed by atoms with Gasteiger partial charge in [-0.15, -0.1) is 0 Å². The van der Waals surface area contributed by atoms with Crippen molar-refractivity contribution in [1.82, 2.24) is 10.9 Å². The monoisotopic (exact) mass is 306 g/mol. The molecule has 4 nitrogen and oxygen atoms in total. The van der Waals surface area contributed by atoms with Crippen molar-refractivity contribution in [2.24, 2.45) is 5.92 Å². The van der Waals surface area contributed by atoms with E-state index in [0.717, 1.165) is 44.1 Å². The maximum atomic E-state index is 12.6. The van der Waals surface area contributed by atoms with Gasteiger partial charge in [-0.1, -0.05) is 36.6 Å². The molecule has 5 heteroatoms. The zero-order chi connectivity index (χ0) is 14.9. The predicted octanol–water partition coefficient (Wildman–Crippen LogP) is 2.71. The van der Waals surface area contributed by atoms with Gasteiger partial charge in [0.25, 0.3) is 0 Å². The van der Waals surface area contributed by atoms with Gasteiger partial charge in [-0.25, -0.2) is 0 Å². The van der Waals surface area contributed by atoms with E-state index in [9.17, 15) is 9.59 Å². The molecule has 2 amide bonds. The highest BCUT2D eigenvalue weighted by Gasteiger charge is 2.43. The Bertz CT molecular complexity index is 546. The first-order valence-corrected chi connectivity index (χ1v) is 7.86. The largest absolute Gasteiger partial charge is 0.273 e. The van der Waals surface area contributed by atoms with E-state index in [1.807, 2.05) is 24.3 Å². The topological polar surface area (TPSA) is 58.2 Å². The summed E-state index contributed by atoms with van der Waals surface area (Å²) < 4.78 is 0. The number of hydrogen-bond acceptors (Lipinski definition) is 2. The molecule has 0 aromatic heterocycles. The molecule has 2 N–H and O–H groups in total. The molecular formula is C16H19ClN2O2. The fourth-order valence-electron chi connectivity index (χ4n) is 3.08. The van der Waals surface area contributed by atoms with Crippen LogP contribution < -0.4 is 10.9 Å². The van der Waals surface area contributed by atoms with Crippen molar-refractivity contribution in [2.75, 3.05) is 0 Å². The second-order valence-electron chi connectivity index (χ2n) is 6.01. The van der Waals surface area contributed by atoms with E-state index in [1.165, 1.54) is 0 Å². The molecule has 0 heterocycles. The number of carbonyl (C=O) groups is 2. The van der Waals surface area contributed by atoms with Gasteiger partial charge in [0.15, 0.2) is 0 Å². The number of halogens is 1. The van der Waals surface area contributed by atoms with Gasteiger partial charge in [0, 0.05) is 10.9 Å². The predicted molar refractivity (Wildman–Crippen MR) is 80.6 cm³/mol. The van der Waals surface area contributed by atoms with Crippen molar-refractivity contribution in [3.8, 4) is 0 Å². The third kappa shape index (κ3) is 2.91. The van der Waals surface area contributed by atoms with E-state index in [-0.39, 0.29) is 17.7 Å². The lowest BCUT2D eigenvalue weighted by Gasteiger charge is -2.28. The molecule has 0 radical (unpaired) electrons. The summed E-state index contributed by atoms with van der Waals surface area (Å²) in [6.45, 7) is 0. The fourth-order valence-corrected chi connectivity index (χ4v) is 3.21. The highest BCUT2D eigenvalue weighted by molar-refractivity contribution is 6.30. The first-order chi connectivity index (χ1) is 10.1. The molecule has 0 atom stereocenters. The summed E-state index contributed by atoms with van der Waals surface area (Å²) in [6.07, 6.45) is 5.49. The molecule has 112 valence electrons. The van der Waals surface area contributed by atoms with E-state index in [4.69, 9.17) is 11.6 Å².